The lowest BCUT2D eigenvalue weighted by Gasteiger charge is -2.06. The van der Waals surface area contributed by atoms with Gasteiger partial charge >= 0.3 is 0 Å². The molecule has 19 heavy (non-hydrogen) atoms. The van der Waals surface area contributed by atoms with Crippen molar-refractivity contribution in [2.45, 2.75) is 26.3 Å². The minimum absolute atomic E-state index is 0.824. The van der Waals surface area contributed by atoms with Gasteiger partial charge in [-0.1, -0.05) is 13.0 Å². The van der Waals surface area contributed by atoms with E-state index < -0.39 is 0 Å². The Morgan fingerprint density at radius 3 is 2.89 bits per heavy atom. The first-order valence-corrected chi connectivity index (χ1v) is 7.31. The van der Waals surface area contributed by atoms with E-state index in [1.54, 1.807) is 6.20 Å². The van der Waals surface area contributed by atoms with Gasteiger partial charge < -0.3 is 5.32 Å². The van der Waals surface area contributed by atoms with Gasteiger partial charge in [0, 0.05) is 26.0 Å². The fraction of sp³-hybridized carbons (Fsp3) is 0.429. The summed E-state index contributed by atoms with van der Waals surface area (Å²) in [4.78, 5) is 4.11. The largest absolute Gasteiger partial charge is 0.311 e. The lowest BCUT2D eigenvalue weighted by atomic mass is 10.2. The molecule has 0 aliphatic heterocycles. The molecule has 4 nitrogen and oxygen atoms in total. The molecule has 0 amide bonds. The van der Waals surface area contributed by atoms with E-state index in [0.29, 0.717) is 0 Å². The Kier molecular flexibility index (Phi) is 5.10. The molecular formula is C14H19BrN4. The zero-order chi connectivity index (χ0) is 13.7. The van der Waals surface area contributed by atoms with Gasteiger partial charge in [0.1, 0.15) is 0 Å². The average molecular weight is 323 g/mol. The highest BCUT2D eigenvalue weighted by Gasteiger charge is 2.11. The fourth-order valence-electron chi connectivity index (χ4n) is 2.00. The van der Waals surface area contributed by atoms with Gasteiger partial charge in [-0.05, 0) is 46.9 Å². The van der Waals surface area contributed by atoms with Gasteiger partial charge in [0.15, 0.2) is 0 Å². The smallest absolute Gasteiger partial charge is 0.0767 e. The third-order valence-electron chi connectivity index (χ3n) is 3.11. The number of nitrogens with zero attached hydrogens (tertiary/aromatic N) is 3. The number of pyridine rings is 1. The highest BCUT2D eigenvalue weighted by atomic mass is 79.9. The van der Waals surface area contributed by atoms with Crippen molar-refractivity contribution in [1.82, 2.24) is 20.1 Å². The van der Waals surface area contributed by atoms with Crippen LogP contribution in [0.15, 0.2) is 29.0 Å². The average Bonchev–Trinajstić information content (AvgIpc) is 2.71. The molecule has 102 valence electrons. The Bertz CT molecular complexity index is 522. The molecule has 0 aliphatic carbocycles. The molecule has 0 aliphatic rings. The summed E-state index contributed by atoms with van der Waals surface area (Å²) in [6, 6.07) is 4.07. The first-order valence-electron chi connectivity index (χ1n) is 6.52. The number of hydrogen-bond donors (Lipinski definition) is 1. The van der Waals surface area contributed by atoms with Crippen molar-refractivity contribution in [3.8, 4) is 0 Å². The topological polar surface area (TPSA) is 42.7 Å². The first kappa shape index (κ1) is 14.2. The lowest BCUT2D eigenvalue weighted by Crippen LogP contribution is -2.19. The molecule has 0 atom stereocenters. The molecule has 0 saturated heterocycles. The Morgan fingerprint density at radius 1 is 1.42 bits per heavy atom. The molecule has 0 radical (unpaired) electrons. The van der Waals surface area contributed by atoms with Crippen LogP contribution in [0.1, 0.15) is 23.9 Å². The van der Waals surface area contributed by atoms with E-state index in [1.807, 2.05) is 24.0 Å². The molecule has 0 aromatic carbocycles. The van der Waals surface area contributed by atoms with E-state index >= 15 is 0 Å². The molecule has 0 fully saturated rings. The van der Waals surface area contributed by atoms with E-state index in [-0.39, 0.29) is 0 Å². The minimum Gasteiger partial charge on any atom is -0.311 e. The van der Waals surface area contributed by atoms with Gasteiger partial charge in [-0.15, -0.1) is 0 Å². The zero-order valence-electron chi connectivity index (χ0n) is 11.4. The monoisotopic (exact) mass is 322 g/mol. The van der Waals surface area contributed by atoms with Gasteiger partial charge in [0.2, 0.25) is 0 Å². The van der Waals surface area contributed by atoms with Crippen LogP contribution in [0.2, 0.25) is 0 Å². The van der Waals surface area contributed by atoms with Crippen molar-refractivity contribution in [1.29, 1.82) is 0 Å². The summed E-state index contributed by atoms with van der Waals surface area (Å²) >= 11 is 3.63. The van der Waals surface area contributed by atoms with Gasteiger partial charge in [0.05, 0.1) is 15.9 Å². The maximum absolute atomic E-state index is 4.49. The summed E-state index contributed by atoms with van der Waals surface area (Å²) in [5.41, 5.74) is 3.57. The molecule has 2 rings (SSSR count). The number of hydrogen-bond acceptors (Lipinski definition) is 3. The molecule has 5 heteroatoms. The normalized spacial score (nSPS) is 10.9. The van der Waals surface area contributed by atoms with Gasteiger partial charge in [0.25, 0.3) is 0 Å². The lowest BCUT2D eigenvalue weighted by molar-refractivity contribution is 0.621. The summed E-state index contributed by atoms with van der Waals surface area (Å²) in [5.74, 6) is 0. The molecule has 0 unspecified atom stereocenters. The van der Waals surface area contributed by atoms with Gasteiger partial charge in [-0.25, -0.2) is 0 Å². The summed E-state index contributed by atoms with van der Waals surface area (Å²) in [7, 11) is 1.99. The second kappa shape index (κ2) is 6.82. The predicted molar refractivity (Wildman–Crippen MR) is 79.9 cm³/mol. The summed E-state index contributed by atoms with van der Waals surface area (Å²) in [6.45, 7) is 3.88. The van der Waals surface area contributed by atoms with Crippen LogP contribution in [0, 0.1) is 0 Å². The molecular weight excluding hydrogens is 304 g/mol. The number of halogens is 1. The molecule has 2 aromatic rings. The zero-order valence-corrected chi connectivity index (χ0v) is 12.9. The molecule has 2 heterocycles. The van der Waals surface area contributed by atoms with E-state index in [9.17, 15) is 0 Å². The number of nitrogens with one attached hydrogen (secondary N) is 1. The van der Waals surface area contributed by atoms with Crippen molar-refractivity contribution < 1.29 is 0 Å². The van der Waals surface area contributed by atoms with E-state index in [1.165, 1.54) is 11.3 Å². The highest BCUT2D eigenvalue weighted by molar-refractivity contribution is 9.10. The van der Waals surface area contributed by atoms with Crippen LogP contribution in [-0.4, -0.2) is 21.3 Å². The van der Waals surface area contributed by atoms with E-state index in [4.69, 9.17) is 0 Å². The Labute approximate surface area is 122 Å². The number of rotatable bonds is 6. The molecule has 2 aromatic heterocycles. The fourth-order valence-corrected chi connectivity index (χ4v) is 2.75. The molecule has 0 bridgehead atoms. The summed E-state index contributed by atoms with van der Waals surface area (Å²) in [5, 5.41) is 7.94. The van der Waals surface area contributed by atoms with E-state index in [0.717, 1.165) is 36.1 Å². The van der Waals surface area contributed by atoms with E-state index in [2.05, 4.69) is 44.3 Å². The summed E-state index contributed by atoms with van der Waals surface area (Å²) < 4.78 is 3.08. The van der Waals surface area contributed by atoms with Crippen molar-refractivity contribution in [2.24, 2.45) is 7.05 Å². The Morgan fingerprint density at radius 2 is 2.26 bits per heavy atom. The minimum atomic E-state index is 0.824. The van der Waals surface area contributed by atoms with Crippen LogP contribution >= 0.6 is 15.9 Å². The van der Waals surface area contributed by atoms with Crippen molar-refractivity contribution in [3.63, 3.8) is 0 Å². The van der Waals surface area contributed by atoms with Gasteiger partial charge in [-0.3, -0.25) is 9.67 Å². The van der Waals surface area contributed by atoms with Gasteiger partial charge in [-0.2, -0.15) is 5.10 Å². The second-order valence-electron chi connectivity index (χ2n) is 4.47. The SMILES string of the molecule is CCc1nn(C)c(CNCCc2cccnc2)c1Br. The highest BCUT2D eigenvalue weighted by Crippen LogP contribution is 2.21. The Balaban J connectivity index is 1.85. The van der Waals surface area contributed by atoms with Crippen LogP contribution in [0.3, 0.4) is 0 Å². The number of aromatic nitrogens is 3. The van der Waals surface area contributed by atoms with Crippen LogP contribution in [0.25, 0.3) is 0 Å². The van der Waals surface area contributed by atoms with Crippen LogP contribution in [0.5, 0.6) is 0 Å². The third-order valence-corrected chi connectivity index (χ3v) is 4.02. The quantitative estimate of drug-likeness (QED) is 0.831. The van der Waals surface area contributed by atoms with Crippen molar-refractivity contribution in [2.75, 3.05) is 6.54 Å². The second-order valence-corrected chi connectivity index (χ2v) is 5.27. The number of aryl methyl sites for hydroxylation is 2. The van der Waals surface area contributed by atoms with Crippen LogP contribution < -0.4 is 5.32 Å². The maximum Gasteiger partial charge on any atom is 0.0767 e. The molecule has 1 N–H and O–H groups in total. The Hall–Kier alpha value is -1.20. The standard InChI is InChI=1S/C14H19BrN4/c1-3-12-14(15)13(19(2)18-12)10-17-8-6-11-5-4-7-16-9-11/h4-5,7,9,17H,3,6,8,10H2,1-2H3. The van der Waals surface area contributed by atoms with Crippen LogP contribution in [0.4, 0.5) is 0 Å². The van der Waals surface area contributed by atoms with Crippen molar-refractivity contribution in [3.05, 3.63) is 46.0 Å². The molecule has 0 saturated carbocycles. The molecule has 0 spiro atoms. The third kappa shape index (κ3) is 3.64. The van der Waals surface area contributed by atoms with Crippen LogP contribution in [-0.2, 0) is 26.4 Å². The maximum atomic E-state index is 4.49. The van der Waals surface area contributed by atoms with Crippen molar-refractivity contribution >= 4 is 15.9 Å². The first-order chi connectivity index (χ1) is 9.22. The summed E-state index contributed by atoms with van der Waals surface area (Å²) in [6.07, 6.45) is 5.65. The predicted octanol–water partition coefficient (Wildman–Crippen LogP) is 2.47.